The van der Waals surface area contributed by atoms with Crippen molar-refractivity contribution in [2.45, 2.75) is 65.4 Å². The maximum Gasteiger partial charge on any atom is 0.0665 e. The summed E-state index contributed by atoms with van der Waals surface area (Å²) in [6.07, 6.45) is 5.88. The number of ether oxygens (including phenoxy) is 1. The van der Waals surface area contributed by atoms with Crippen LogP contribution < -0.4 is 0 Å². The molecule has 0 aromatic rings. The third-order valence-corrected chi connectivity index (χ3v) is 4.97. The molecular formula is C15H28O2. The minimum atomic E-state index is 0.0294. The van der Waals surface area contributed by atoms with Crippen molar-refractivity contribution in [2.24, 2.45) is 16.7 Å². The second kappa shape index (κ2) is 4.24. The van der Waals surface area contributed by atoms with E-state index >= 15 is 0 Å². The van der Waals surface area contributed by atoms with Crippen molar-refractivity contribution in [3.8, 4) is 0 Å². The van der Waals surface area contributed by atoms with Crippen LogP contribution in [0.25, 0.3) is 0 Å². The van der Waals surface area contributed by atoms with Crippen LogP contribution in [0, 0.1) is 16.7 Å². The molecule has 0 aromatic carbocycles. The molecule has 0 heterocycles. The summed E-state index contributed by atoms with van der Waals surface area (Å²) in [4.78, 5) is 0. The smallest absolute Gasteiger partial charge is 0.0665 e. The quantitative estimate of drug-likeness (QED) is 0.816. The van der Waals surface area contributed by atoms with Gasteiger partial charge in [0.25, 0.3) is 0 Å². The van der Waals surface area contributed by atoms with E-state index < -0.39 is 0 Å². The third-order valence-electron chi connectivity index (χ3n) is 4.97. The van der Waals surface area contributed by atoms with E-state index in [1.165, 1.54) is 12.8 Å². The van der Waals surface area contributed by atoms with E-state index in [1.807, 2.05) is 0 Å². The summed E-state index contributed by atoms with van der Waals surface area (Å²) in [5, 5.41) is 9.71. The molecule has 2 nitrogen and oxygen atoms in total. The van der Waals surface area contributed by atoms with E-state index in [0.29, 0.717) is 17.9 Å². The van der Waals surface area contributed by atoms with E-state index in [4.69, 9.17) is 4.74 Å². The average Bonchev–Trinajstić information content (AvgIpc) is 2.93. The lowest BCUT2D eigenvalue weighted by atomic mass is 9.57. The van der Waals surface area contributed by atoms with Crippen LogP contribution in [0.4, 0.5) is 0 Å². The Hall–Kier alpha value is -0.0800. The lowest BCUT2D eigenvalue weighted by Gasteiger charge is -2.52. The van der Waals surface area contributed by atoms with Gasteiger partial charge in [-0.3, -0.25) is 0 Å². The molecule has 1 spiro atoms. The van der Waals surface area contributed by atoms with Crippen molar-refractivity contribution in [1.29, 1.82) is 0 Å². The van der Waals surface area contributed by atoms with Crippen molar-refractivity contribution in [3.63, 3.8) is 0 Å². The number of hydrogen-bond donors (Lipinski definition) is 1. The molecule has 2 saturated carbocycles. The molecule has 0 radical (unpaired) electrons. The van der Waals surface area contributed by atoms with Gasteiger partial charge in [-0.2, -0.15) is 0 Å². The SMILES string of the molecule is CCCOC1(C)CC(C)(C)[C@@H](CO)C2(CC2)C1. The van der Waals surface area contributed by atoms with Crippen molar-refractivity contribution < 1.29 is 9.84 Å². The van der Waals surface area contributed by atoms with Crippen molar-refractivity contribution in [1.82, 2.24) is 0 Å². The first-order valence-electron chi connectivity index (χ1n) is 7.12. The molecule has 2 aliphatic rings. The molecule has 2 atom stereocenters. The van der Waals surface area contributed by atoms with Gasteiger partial charge in [0.1, 0.15) is 0 Å². The average molecular weight is 240 g/mol. The highest BCUT2D eigenvalue weighted by molar-refractivity contribution is 5.11. The molecule has 2 heteroatoms. The number of aliphatic hydroxyl groups is 1. The van der Waals surface area contributed by atoms with E-state index in [-0.39, 0.29) is 11.0 Å². The Morgan fingerprint density at radius 3 is 2.29 bits per heavy atom. The van der Waals surface area contributed by atoms with Crippen LogP contribution in [0.2, 0.25) is 0 Å². The lowest BCUT2D eigenvalue weighted by molar-refractivity contribution is -0.139. The minimum Gasteiger partial charge on any atom is -0.396 e. The summed E-state index contributed by atoms with van der Waals surface area (Å²) in [6, 6.07) is 0. The Balaban J connectivity index is 2.15. The van der Waals surface area contributed by atoms with Crippen LogP contribution in [-0.2, 0) is 4.74 Å². The second-order valence-corrected chi connectivity index (χ2v) is 7.24. The minimum absolute atomic E-state index is 0.0294. The van der Waals surface area contributed by atoms with Crippen LogP contribution in [0.3, 0.4) is 0 Å². The predicted octanol–water partition coefficient (Wildman–Crippen LogP) is 3.38. The van der Waals surface area contributed by atoms with Crippen LogP contribution in [-0.4, -0.2) is 23.9 Å². The van der Waals surface area contributed by atoms with Crippen LogP contribution in [0.15, 0.2) is 0 Å². The van der Waals surface area contributed by atoms with Gasteiger partial charge in [-0.15, -0.1) is 0 Å². The molecule has 0 aliphatic heterocycles. The summed E-state index contributed by atoms with van der Waals surface area (Å²) in [6.45, 7) is 10.3. The zero-order chi connectivity index (χ0) is 12.7. The highest BCUT2D eigenvalue weighted by atomic mass is 16.5. The van der Waals surface area contributed by atoms with E-state index in [1.54, 1.807) is 0 Å². The molecule has 1 N–H and O–H groups in total. The number of rotatable bonds is 4. The van der Waals surface area contributed by atoms with Gasteiger partial charge in [-0.25, -0.2) is 0 Å². The van der Waals surface area contributed by atoms with Gasteiger partial charge < -0.3 is 9.84 Å². The van der Waals surface area contributed by atoms with Crippen molar-refractivity contribution >= 4 is 0 Å². The van der Waals surface area contributed by atoms with Gasteiger partial charge in [0, 0.05) is 13.2 Å². The first-order chi connectivity index (χ1) is 7.87. The summed E-state index contributed by atoms with van der Waals surface area (Å²) >= 11 is 0. The monoisotopic (exact) mass is 240 g/mol. The van der Waals surface area contributed by atoms with E-state index in [9.17, 15) is 5.11 Å². The Morgan fingerprint density at radius 1 is 1.18 bits per heavy atom. The maximum atomic E-state index is 9.71. The first-order valence-corrected chi connectivity index (χ1v) is 7.12. The molecule has 0 amide bonds. The normalized spacial score (nSPS) is 38.3. The molecule has 100 valence electrons. The molecule has 2 rings (SSSR count). The Kier molecular flexibility index (Phi) is 3.33. The zero-order valence-electron chi connectivity index (χ0n) is 11.9. The molecular weight excluding hydrogens is 212 g/mol. The molecule has 2 fully saturated rings. The molecule has 1 unspecified atom stereocenters. The topological polar surface area (TPSA) is 29.5 Å². The standard InChI is InChI=1S/C15H28O2/c1-5-8-17-14(4)10-13(2,3)12(9-16)15(11-14)6-7-15/h12,16H,5-11H2,1-4H3/t12-,14?/m1/s1. The van der Waals surface area contributed by atoms with Crippen LogP contribution in [0.5, 0.6) is 0 Å². The first kappa shape index (κ1) is 13.4. The molecule has 17 heavy (non-hydrogen) atoms. The van der Waals surface area contributed by atoms with Gasteiger partial charge in [0.05, 0.1) is 5.60 Å². The van der Waals surface area contributed by atoms with Crippen LogP contribution >= 0.6 is 0 Å². The fourth-order valence-electron chi connectivity index (χ4n) is 4.42. The Morgan fingerprint density at radius 2 is 1.82 bits per heavy atom. The summed E-state index contributed by atoms with van der Waals surface area (Å²) in [5.74, 6) is 0.466. The highest BCUT2D eigenvalue weighted by Crippen LogP contribution is 2.66. The second-order valence-electron chi connectivity index (χ2n) is 7.24. The van der Waals surface area contributed by atoms with Gasteiger partial charge in [0.2, 0.25) is 0 Å². The molecule has 0 saturated heterocycles. The summed E-state index contributed by atoms with van der Waals surface area (Å²) < 4.78 is 6.14. The summed E-state index contributed by atoms with van der Waals surface area (Å²) in [7, 11) is 0. The Labute approximate surface area is 106 Å². The van der Waals surface area contributed by atoms with E-state index in [0.717, 1.165) is 25.9 Å². The molecule has 0 bridgehead atoms. The zero-order valence-corrected chi connectivity index (χ0v) is 11.9. The number of aliphatic hydroxyl groups excluding tert-OH is 1. The lowest BCUT2D eigenvalue weighted by Crippen LogP contribution is -2.50. The fraction of sp³-hybridized carbons (Fsp3) is 1.00. The van der Waals surface area contributed by atoms with Gasteiger partial charge in [-0.05, 0) is 55.8 Å². The highest BCUT2D eigenvalue weighted by Gasteiger charge is 2.61. The summed E-state index contributed by atoms with van der Waals surface area (Å²) in [5.41, 5.74) is 0.618. The van der Waals surface area contributed by atoms with Gasteiger partial charge in [-0.1, -0.05) is 20.8 Å². The molecule has 0 aromatic heterocycles. The van der Waals surface area contributed by atoms with Crippen molar-refractivity contribution in [2.75, 3.05) is 13.2 Å². The predicted molar refractivity (Wildman–Crippen MR) is 69.9 cm³/mol. The van der Waals surface area contributed by atoms with Gasteiger partial charge >= 0.3 is 0 Å². The Bertz CT molecular complexity index is 271. The third kappa shape index (κ3) is 2.39. The fourth-order valence-corrected chi connectivity index (χ4v) is 4.42. The molecule has 2 aliphatic carbocycles. The van der Waals surface area contributed by atoms with Crippen molar-refractivity contribution in [3.05, 3.63) is 0 Å². The van der Waals surface area contributed by atoms with Crippen LogP contribution in [0.1, 0.15) is 59.8 Å². The maximum absolute atomic E-state index is 9.71. The number of hydrogen-bond acceptors (Lipinski definition) is 2. The largest absolute Gasteiger partial charge is 0.396 e. The van der Waals surface area contributed by atoms with E-state index in [2.05, 4.69) is 27.7 Å². The van der Waals surface area contributed by atoms with Gasteiger partial charge in [0.15, 0.2) is 0 Å².